The van der Waals surface area contributed by atoms with E-state index < -0.39 is 31.3 Å². The standard InChI is InChI=1S/2C7H9.2CHF3O3S.Zr/c2*1-7(2)5-3-4-6-7;2*2-1(3,4)8(5,6)7;/h2*3-5H,1-2H3;2*(H,5,6,7);/q2*-1;;;+4/p-2. The molecule has 0 heterocycles. The molecule has 176 valence electrons. The third-order valence-electron chi connectivity index (χ3n) is 2.70. The molecule has 2 aliphatic carbocycles. The Morgan fingerprint density at radius 1 is 0.677 bits per heavy atom. The molecule has 0 spiro atoms. The molecule has 0 saturated carbocycles. The van der Waals surface area contributed by atoms with Crippen LogP contribution in [0, 0.1) is 23.0 Å². The van der Waals surface area contributed by atoms with Crippen molar-refractivity contribution >= 4 is 20.2 Å². The summed E-state index contributed by atoms with van der Waals surface area (Å²) >= 11 is 0. The van der Waals surface area contributed by atoms with Crippen molar-refractivity contribution in [2.24, 2.45) is 10.8 Å². The molecule has 0 atom stereocenters. The van der Waals surface area contributed by atoms with Gasteiger partial charge in [0, 0.05) is 0 Å². The summed E-state index contributed by atoms with van der Waals surface area (Å²) in [5.41, 5.74) is -10.9. The maximum absolute atomic E-state index is 10.7. The maximum atomic E-state index is 10.7. The first-order valence-corrected chi connectivity index (χ1v) is 10.3. The molecule has 6 nitrogen and oxygen atoms in total. The molecule has 0 aromatic heterocycles. The zero-order valence-corrected chi connectivity index (χ0v) is 20.6. The molecule has 0 saturated heterocycles. The predicted octanol–water partition coefficient (Wildman–Crippen LogP) is 3.98. The van der Waals surface area contributed by atoms with Gasteiger partial charge in [-0.25, -0.2) is 41.1 Å². The molecule has 0 N–H and O–H groups in total. The van der Waals surface area contributed by atoms with Gasteiger partial charge in [0.25, 0.3) is 0 Å². The van der Waals surface area contributed by atoms with Gasteiger partial charge in [0.15, 0.2) is 20.2 Å². The van der Waals surface area contributed by atoms with Gasteiger partial charge in [-0.05, 0) is 0 Å². The number of allylic oxidation sites excluding steroid dienone is 8. The zero-order valence-electron chi connectivity index (χ0n) is 16.5. The summed E-state index contributed by atoms with van der Waals surface area (Å²) in [6.07, 6.45) is 18.6. The van der Waals surface area contributed by atoms with E-state index in [4.69, 9.17) is 25.9 Å². The van der Waals surface area contributed by atoms with Crippen LogP contribution in [0.4, 0.5) is 26.3 Å². The second kappa shape index (κ2) is 12.5. The van der Waals surface area contributed by atoms with Crippen molar-refractivity contribution in [3.8, 4) is 0 Å². The molecule has 0 aliphatic heterocycles. The van der Waals surface area contributed by atoms with Crippen LogP contribution in [0.2, 0.25) is 0 Å². The Morgan fingerprint density at radius 2 is 0.871 bits per heavy atom. The van der Waals surface area contributed by atoms with E-state index in [1.807, 2.05) is 24.3 Å². The van der Waals surface area contributed by atoms with Crippen LogP contribution in [-0.4, -0.2) is 37.0 Å². The van der Waals surface area contributed by atoms with E-state index in [1.165, 1.54) is 0 Å². The number of rotatable bonds is 0. The largest absolute Gasteiger partial charge is 4.00 e. The summed E-state index contributed by atoms with van der Waals surface area (Å²) in [7, 11) is -12.2. The number of alkyl halides is 6. The zero-order chi connectivity index (χ0) is 24.7. The van der Waals surface area contributed by atoms with Crippen molar-refractivity contribution in [1.82, 2.24) is 0 Å². The van der Waals surface area contributed by atoms with Crippen molar-refractivity contribution in [3.05, 3.63) is 48.6 Å². The van der Waals surface area contributed by atoms with E-state index in [0.29, 0.717) is 0 Å². The third kappa shape index (κ3) is 17.5. The number of hydrogen-bond donors (Lipinski definition) is 0. The van der Waals surface area contributed by atoms with E-state index in [-0.39, 0.29) is 37.0 Å². The fraction of sp³-hybridized carbons (Fsp3) is 0.500. The molecule has 0 aromatic rings. The Balaban J connectivity index is -0.000000334. The van der Waals surface area contributed by atoms with Crippen LogP contribution in [-0.2, 0) is 46.4 Å². The molecule has 0 radical (unpaired) electrons. The molecule has 0 fully saturated rings. The Labute approximate surface area is 196 Å². The van der Waals surface area contributed by atoms with Crippen LogP contribution in [0.1, 0.15) is 27.7 Å². The molecular formula is C16H18F6O6S2Zr. The summed E-state index contributed by atoms with van der Waals surface area (Å²) in [5.74, 6) is 0. The maximum Gasteiger partial charge on any atom is 4.00 e. The first-order valence-electron chi connectivity index (χ1n) is 7.53. The monoisotopic (exact) mass is 574 g/mol. The van der Waals surface area contributed by atoms with Gasteiger partial charge >= 0.3 is 37.2 Å². The van der Waals surface area contributed by atoms with E-state index in [9.17, 15) is 26.3 Å². The fourth-order valence-electron chi connectivity index (χ4n) is 1.20. The van der Waals surface area contributed by atoms with Gasteiger partial charge in [0.1, 0.15) is 0 Å². The second-order valence-electron chi connectivity index (χ2n) is 6.58. The molecule has 0 bridgehead atoms. The fourth-order valence-corrected chi connectivity index (χ4v) is 1.20. The molecule has 0 amide bonds. The number of hydrogen-bond acceptors (Lipinski definition) is 6. The Hall–Kier alpha value is -0.757. The molecule has 0 unspecified atom stereocenters. The third-order valence-corrected chi connectivity index (χ3v) is 3.83. The van der Waals surface area contributed by atoms with Gasteiger partial charge in [-0.1, -0.05) is 38.5 Å². The van der Waals surface area contributed by atoms with Crippen LogP contribution in [0.3, 0.4) is 0 Å². The summed E-state index contributed by atoms with van der Waals surface area (Å²) < 4.78 is 118. The van der Waals surface area contributed by atoms with Crippen LogP contribution in [0.15, 0.2) is 36.5 Å². The average molecular weight is 576 g/mol. The minimum atomic E-state index is -6.09. The van der Waals surface area contributed by atoms with Crippen LogP contribution in [0.25, 0.3) is 0 Å². The average Bonchev–Trinajstić information content (AvgIpc) is 3.04. The van der Waals surface area contributed by atoms with E-state index in [0.717, 1.165) is 0 Å². The first-order chi connectivity index (χ1) is 12.9. The summed E-state index contributed by atoms with van der Waals surface area (Å²) in [6.45, 7) is 8.53. The topological polar surface area (TPSA) is 114 Å². The molecule has 2 rings (SSSR count). The molecule has 2 aliphatic rings. The summed E-state index contributed by atoms with van der Waals surface area (Å²) in [4.78, 5) is 0. The van der Waals surface area contributed by atoms with Crippen molar-refractivity contribution < 1.29 is 78.5 Å². The van der Waals surface area contributed by atoms with Gasteiger partial charge in [-0.3, -0.25) is 12.2 Å². The smallest absolute Gasteiger partial charge is 0.741 e. The Morgan fingerprint density at radius 3 is 0.903 bits per heavy atom. The molecule has 31 heavy (non-hydrogen) atoms. The minimum Gasteiger partial charge on any atom is -0.741 e. The van der Waals surface area contributed by atoms with Gasteiger partial charge < -0.3 is 9.11 Å². The Kier molecular flexibility index (Phi) is 14.0. The van der Waals surface area contributed by atoms with Gasteiger partial charge in [-0.2, -0.15) is 38.5 Å². The molecule has 0 aromatic carbocycles. The summed E-state index contributed by atoms with van der Waals surface area (Å²) in [6, 6.07) is 0. The van der Waals surface area contributed by atoms with Gasteiger partial charge in [0.2, 0.25) is 0 Å². The van der Waals surface area contributed by atoms with E-state index in [1.54, 1.807) is 0 Å². The predicted molar refractivity (Wildman–Crippen MR) is 93.0 cm³/mol. The molecular weight excluding hydrogens is 558 g/mol. The van der Waals surface area contributed by atoms with Crippen molar-refractivity contribution in [2.75, 3.05) is 0 Å². The normalized spacial score (nSPS) is 17.9. The van der Waals surface area contributed by atoms with E-state index in [2.05, 4.69) is 52.0 Å². The second-order valence-corrected chi connectivity index (χ2v) is 9.33. The molecule has 15 heteroatoms. The SMILES string of the molecule is CC1(C)[C-]=CC=C1.CC1(C)[C-]=CC=C1.O=S(=O)([O-])C(F)(F)F.O=S(=O)([O-])C(F)(F)F.[Zr+4]. The van der Waals surface area contributed by atoms with Crippen LogP contribution < -0.4 is 0 Å². The minimum absolute atomic E-state index is 0. The number of halogens is 6. The van der Waals surface area contributed by atoms with Crippen LogP contribution in [0.5, 0.6) is 0 Å². The van der Waals surface area contributed by atoms with Gasteiger partial charge in [-0.15, -0.1) is 0 Å². The first kappa shape index (κ1) is 34.8. The van der Waals surface area contributed by atoms with Crippen molar-refractivity contribution in [1.29, 1.82) is 0 Å². The van der Waals surface area contributed by atoms with Crippen molar-refractivity contribution in [2.45, 2.75) is 38.7 Å². The summed E-state index contributed by atoms with van der Waals surface area (Å²) in [5, 5.41) is 0. The quantitative estimate of drug-likeness (QED) is 0.187. The van der Waals surface area contributed by atoms with Gasteiger partial charge in [0.05, 0.1) is 0 Å². The van der Waals surface area contributed by atoms with Crippen LogP contribution >= 0.6 is 0 Å². The van der Waals surface area contributed by atoms with Crippen molar-refractivity contribution in [3.63, 3.8) is 0 Å². The van der Waals surface area contributed by atoms with E-state index >= 15 is 0 Å². The Bertz CT molecular complexity index is 779.